The molecule has 0 saturated carbocycles. The zero-order chi connectivity index (χ0) is 14.7. The van der Waals surface area contributed by atoms with Crippen molar-refractivity contribution in [3.8, 4) is 5.75 Å². The summed E-state index contributed by atoms with van der Waals surface area (Å²) in [5.41, 5.74) is 1.000. The maximum Gasteiger partial charge on any atom is 0.244 e. The van der Waals surface area contributed by atoms with Crippen LogP contribution in [0.2, 0.25) is 0 Å². The first-order chi connectivity index (χ1) is 10.3. The van der Waals surface area contributed by atoms with Gasteiger partial charge in [-0.1, -0.05) is 12.1 Å². The second-order valence-electron chi connectivity index (χ2n) is 5.76. The summed E-state index contributed by atoms with van der Waals surface area (Å²) >= 11 is 0. The van der Waals surface area contributed by atoms with Crippen LogP contribution in [0.4, 0.5) is 0 Å². The summed E-state index contributed by atoms with van der Waals surface area (Å²) in [5.74, 6) is 0.827. The normalized spacial score (nSPS) is 25.2. The second kappa shape index (κ2) is 6.31. The van der Waals surface area contributed by atoms with Gasteiger partial charge in [0.1, 0.15) is 5.75 Å². The van der Waals surface area contributed by atoms with E-state index in [1.165, 1.54) is 19.4 Å². The molecule has 21 heavy (non-hydrogen) atoms. The van der Waals surface area contributed by atoms with Gasteiger partial charge in [0.25, 0.3) is 0 Å². The molecular formula is C17H22N2O2. The highest BCUT2D eigenvalue weighted by Crippen LogP contribution is 2.27. The van der Waals surface area contributed by atoms with Crippen molar-refractivity contribution in [2.75, 3.05) is 20.2 Å². The third-order valence-corrected chi connectivity index (χ3v) is 4.48. The number of rotatable bonds is 4. The molecule has 2 unspecified atom stereocenters. The van der Waals surface area contributed by atoms with E-state index in [2.05, 4.69) is 10.2 Å². The minimum atomic E-state index is 0.00423. The SMILES string of the molecule is COc1ccc(C=CC(=O)NC2CCN3CCCC23)cc1. The van der Waals surface area contributed by atoms with Gasteiger partial charge in [-0.05, 0) is 49.6 Å². The molecule has 1 amide bonds. The van der Waals surface area contributed by atoms with Gasteiger partial charge in [-0.2, -0.15) is 0 Å². The standard InChI is InChI=1S/C17H22N2O2/c1-21-14-7-4-13(5-8-14)6-9-17(20)18-15-10-12-19-11-2-3-16(15)19/h4-9,15-16H,2-3,10-12H2,1H3,(H,18,20). The Hall–Kier alpha value is -1.81. The first-order valence-corrected chi connectivity index (χ1v) is 7.63. The van der Waals surface area contributed by atoms with Gasteiger partial charge in [-0.3, -0.25) is 9.69 Å². The molecule has 0 radical (unpaired) electrons. The van der Waals surface area contributed by atoms with Crippen LogP contribution >= 0.6 is 0 Å². The van der Waals surface area contributed by atoms with Gasteiger partial charge in [-0.25, -0.2) is 0 Å². The highest BCUT2D eigenvalue weighted by molar-refractivity contribution is 5.92. The van der Waals surface area contributed by atoms with Crippen LogP contribution in [0.5, 0.6) is 5.75 Å². The van der Waals surface area contributed by atoms with Gasteiger partial charge < -0.3 is 10.1 Å². The summed E-state index contributed by atoms with van der Waals surface area (Å²) < 4.78 is 5.12. The van der Waals surface area contributed by atoms with Crippen molar-refractivity contribution in [1.82, 2.24) is 10.2 Å². The van der Waals surface area contributed by atoms with Crippen molar-refractivity contribution in [2.45, 2.75) is 31.3 Å². The van der Waals surface area contributed by atoms with Crippen molar-refractivity contribution >= 4 is 12.0 Å². The molecule has 2 atom stereocenters. The summed E-state index contributed by atoms with van der Waals surface area (Å²) in [4.78, 5) is 14.5. The largest absolute Gasteiger partial charge is 0.497 e. The van der Waals surface area contributed by atoms with Crippen molar-refractivity contribution < 1.29 is 9.53 Å². The van der Waals surface area contributed by atoms with E-state index in [1.54, 1.807) is 13.2 Å². The first kappa shape index (κ1) is 14.1. The smallest absolute Gasteiger partial charge is 0.244 e. The summed E-state index contributed by atoms with van der Waals surface area (Å²) in [6.45, 7) is 2.32. The predicted octanol–water partition coefficient (Wildman–Crippen LogP) is 2.06. The van der Waals surface area contributed by atoms with Gasteiger partial charge in [0, 0.05) is 24.7 Å². The Balaban J connectivity index is 1.54. The summed E-state index contributed by atoms with van der Waals surface area (Å²) in [7, 11) is 1.65. The predicted molar refractivity (Wildman–Crippen MR) is 83.2 cm³/mol. The Morgan fingerprint density at radius 2 is 2.10 bits per heavy atom. The van der Waals surface area contributed by atoms with Crippen LogP contribution in [-0.4, -0.2) is 43.1 Å². The molecule has 1 N–H and O–H groups in total. The van der Waals surface area contributed by atoms with Gasteiger partial charge in [0.05, 0.1) is 7.11 Å². The number of carbonyl (C=O) groups excluding carboxylic acids is 1. The number of nitrogens with zero attached hydrogens (tertiary/aromatic N) is 1. The van der Waals surface area contributed by atoms with Crippen LogP contribution in [0.15, 0.2) is 30.3 Å². The van der Waals surface area contributed by atoms with Crippen LogP contribution in [-0.2, 0) is 4.79 Å². The Kier molecular flexibility index (Phi) is 4.25. The van der Waals surface area contributed by atoms with E-state index in [0.717, 1.165) is 24.3 Å². The van der Waals surface area contributed by atoms with Gasteiger partial charge in [-0.15, -0.1) is 0 Å². The van der Waals surface area contributed by atoms with E-state index in [-0.39, 0.29) is 5.91 Å². The first-order valence-electron chi connectivity index (χ1n) is 7.63. The molecule has 2 saturated heterocycles. The van der Waals surface area contributed by atoms with E-state index in [0.29, 0.717) is 12.1 Å². The van der Waals surface area contributed by atoms with Gasteiger partial charge in [0.2, 0.25) is 5.91 Å². The van der Waals surface area contributed by atoms with Crippen molar-refractivity contribution in [3.63, 3.8) is 0 Å². The number of carbonyl (C=O) groups is 1. The van der Waals surface area contributed by atoms with E-state index < -0.39 is 0 Å². The summed E-state index contributed by atoms with van der Waals surface area (Å²) in [6, 6.07) is 8.55. The Morgan fingerprint density at radius 1 is 1.29 bits per heavy atom. The van der Waals surface area contributed by atoms with E-state index >= 15 is 0 Å². The number of benzene rings is 1. The lowest BCUT2D eigenvalue weighted by Gasteiger charge is -2.20. The molecule has 2 fully saturated rings. The van der Waals surface area contributed by atoms with Crippen LogP contribution in [0, 0.1) is 0 Å². The van der Waals surface area contributed by atoms with Crippen LogP contribution in [0.1, 0.15) is 24.8 Å². The number of methoxy groups -OCH3 is 1. The Labute approximate surface area is 125 Å². The number of ether oxygens (including phenoxy) is 1. The quantitative estimate of drug-likeness (QED) is 0.862. The average molecular weight is 286 g/mol. The number of hydrogen-bond donors (Lipinski definition) is 1. The van der Waals surface area contributed by atoms with Crippen molar-refractivity contribution in [1.29, 1.82) is 0 Å². The van der Waals surface area contributed by atoms with E-state index in [4.69, 9.17) is 4.74 Å². The average Bonchev–Trinajstić information content (AvgIpc) is 3.11. The Morgan fingerprint density at radius 3 is 2.86 bits per heavy atom. The molecule has 2 aliphatic rings. The van der Waals surface area contributed by atoms with Gasteiger partial charge in [0.15, 0.2) is 0 Å². The van der Waals surface area contributed by atoms with E-state index in [1.807, 2.05) is 30.3 Å². The molecule has 0 bridgehead atoms. The molecule has 0 aromatic heterocycles. The fourth-order valence-corrected chi connectivity index (χ4v) is 3.37. The molecule has 0 spiro atoms. The number of hydrogen-bond acceptors (Lipinski definition) is 3. The lowest BCUT2D eigenvalue weighted by atomic mass is 10.1. The monoisotopic (exact) mass is 286 g/mol. The molecule has 3 rings (SSSR count). The van der Waals surface area contributed by atoms with Crippen molar-refractivity contribution in [2.24, 2.45) is 0 Å². The van der Waals surface area contributed by atoms with Gasteiger partial charge >= 0.3 is 0 Å². The minimum Gasteiger partial charge on any atom is -0.497 e. The highest BCUT2D eigenvalue weighted by Gasteiger charge is 2.37. The lowest BCUT2D eigenvalue weighted by Crippen LogP contribution is -2.41. The van der Waals surface area contributed by atoms with E-state index in [9.17, 15) is 4.79 Å². The van der Waals surface area contributed by atoms with Crippen LogP contribution in [0.3, 0.4) is 0 Å². The molecule has 1 aromatic rings. The summed E-state index contributed by atoms with van der Waals surface area (Å²) in [6.07, 6.45) is 7.02. The Bertz CT molecular complexity index is 524. The maximum absolute atomic E-state index is 12.0. The zero-order valence-corrected chi connectivity index (χ0v) is 12.4. The molecule has 4 heteroatoms. The number of nitrogens with one attached hydrogen (secondary N) is 1. The molecular weight excluding hydrogens is 264 g/mol. The molecule has 2 aliphatic heterocycles. The fourth-order valence-electron chi connectivity index (χ4n) is 3.37. The molecule has 112 valence electrons. The summed E-state index contributed by atoms with van der Waals surface area (Å²) in [5, 5.41) is 3.15. The number of fused-ring (bicyclic) bond motifs is 1. The number of amides is 1. The molecule has 4 nitrogen and oxygen atoms in total. The van der Waals surface area contributed by atoms with Crippen molar-refractivity contribution in [3.05, 3.63) is 35.9 Å². The molecule has 2 heterocycles. The highest BCUT2D eigenvalue weighted by atomic mass is 16.5. The molecule has 0 aliphatic carbocycles. The second-order valence-corrected chi connectivity index (χ2v) is 5.76. The zero-order valence-electron chi connectivity index (χ0n) is 12.4. The topological polar surface area (TPSA) is 41.6 Å². The fraction of sp³-hybridized carbons (Fsp3) is 0.471. The van der Waals surface area contributed by atoms with Crippen LogP contribution < -0.4 is 10.1 Å². The molecule has 1 aromatic carbocycles. The third kappa shape index (κ3) is 3.27. The third-order valence-electron chi connectivity index (χ3n) is 4.48. The minimum absolute atomic E-state index is 0.00423. The van der Waals surface area contributed by atoms with Crippen LogP contribution in [0.25, 0.3) is 6.08 Å². The lowest BCUT2D eigenvalue weighted by molar-refractivity contribution is -0.117. The maximum atomic E-state index is 12.0.